The molecule has 0 bridgehead atoms. The van der Waals surface area contributed by atoms with E-state index < -0.39 is 9.84 Å². The molecular weight excluding hydrogens is 396 g/mol. The van der Waals surface area contributed by atoms with Crippen LogP contribution >= 0.6 is 11.8 Å². The van der Waals surface area contributed by atoms with Gasteiger partial charge in [-0.05, 0) is 30.7 Å². The number of thioether (sulfide) groups is 1. The van der Waals surface area contributed by atoms with Crippen LogP contribution in [0.5, 0.6) is 0 Å². The molecule has 4 rings (SSSR count). The standard InChI is InChI=1S/C19H18N4O3S2/c1-13-7-3-5-9-15(13)22-17(24)14-8-4-6-10-16(14)23-18(22)20-21-19(23)27-11-12-28(2,25)26/h3-10H,11-12H2,1-2H3. The minimum atomic E-state index is -3.07. The van der Waals surface area contributed by atoms with Crippen LogP contribution < -0.4 is 5.56 Å². The number of benzene rings is 2. The van der Waals surface area contributed by atoms with Crippen LogP contribution in [0.25, 0.3) is 22.4 Å². The highest BCUT2D eigenvalue weighted by Gasteiger charge is 2.18. The quantitative estimate of drug-likeness (QED) is 0.466. The van der Waals surface area contributed by atoms with E-state index in [9.17, 15) is 13.2 Å². The molecule has 0 saturated carbocycles. The predicted molar refractivity (Wildman–Crippen MR) is 111 cm³/mol. The monoisotopic (exact) mass is 414 g/mol. The lowest BCUT2D eigenvalue weighted by molar-refractivity contribution is 0.603. The second-order valence-electron chi connectivity index (χ2n) is 6.54. The van der Waals surface area contributed by atoms with E-state index in [1.54, 1.807) is 10.6 Å². The predicted octanol–water partition coefficient (Wildman–Crippen LogP) is 2.48. The summed E-state index contributed by atoms with van der Waals surface area (Å²) in [5.74, 6) is 0.805. The van der Waals surface area contributed by atoms with Crippen LogP contribution in [0, 0.1) is 6.92 Å². The second kappa shape index (κ2) is 7.06. The van der Waals surface area contributed by atoms with E-state index in [0.717, 1.165) is 11.3 Å². The van der Waals surface area contributed by atoms with Gasteiger partial charge in [-0.15, -0.1) is 10.2 Å². The van der Waals surface area contributed by atoms with Crippen molar-refractivity contribution in [3.63, 3.8) is 0 Å². The third-order valence-electron chi connectivity index (χ3n) is 4.44. The molecule has 0 spiro atoms. The Labute approximate surface area is 165 Å². The third kappa shape index (κ3) is 3.31. The van der Waals surface area contributed by atoms with Gasteiger partial charge in [0, 0.05) is 12.0 Å². The van der Waals surface area contributed by atoms with Crippen molar-refractivity contribution in [1.82, 2.24) is 19.2 Å². The van der Waals surface area contributed by atoms with Crippen molar-refractivity contribution in [2.24, 2.45) is 0 Å². The van der Waals surface area contributed by atoms with Gasteiger partial charge in [0.25, 0.3) is 5.56 Å². The zero-order chi connectivity index (χ0) is 19.9. The lowest BCUT2D eigenvalue weighted by Gasteiger charge is -2.13. The number of hydrogen-bond acceptors (Lipinski definition) is 6. The molecule has 4 aromatic rings. The first-order valence-corrected chi connectivity index (χ1v) is 11.7. The van der Waals surface area contributed by atoms with Crippen LogP contribution in [0.1, 0.15) is 5.56 Å². The number of aromatic nitrogens is 4. The highest BCUT2D eigenvalue weighted by Crippen LogP contribution is 2.24. The smallest absolute Gasteiger partial charge is 0.267 e. The van der Waals surface area contributed by atoms with Crippen LogP contribution in [0.3, 0.4) is 0 Å². The number of hydrogen-bond donors (Lipinski definition) is 0. The van der Waals surface area contributed by atoms with Gasteiger partial charge in [0.05, 0.1) is 22.3 Å². The van der Waals surface area contributed by atoms with Gasteiger partial charge in [-0.1, -0.05) is 42.1 Å². The average molecular weight is 415 g/mol. The molecule has 7 nitrogen and oxygen atoms in total. The van der Waals surface area contributed by atoms with Crippen LogP contribution in [0.4, 0.5) is 0 Å². The minimum Gasteiger partial charge on any atom is -0.268 e. The first kappa shape index (κ1) is 18.7. The van der Waals surface area contributed by atoms with Gasteiger partial charge in [0.1, 0.15) is 9.84 Å². The fourth-order valence-electron chi connectivity index (χ4n) is 3.09. The maximum atomic E-state index is 13.2. The van der Waals surface area contributed by atoms with E-state index in [0.29, 0.717) is 27.6 Å². The van der Waals surface area contributed by atoms with E-state index in [4.69, 9.17) is 0 Å². The molecule has 2 aromatic carbocycles. The van der Waals surface area contributed by atoms with Crippen molar-refractivity contribution in [3.05, 3.63) is 64.4 Å². The maximum absolute atomic E-state index is 13.2. The lowest BCUT2D eigenvalue weighted by atomic mass is 10.2. The van der Waals surface area contributed by atoms with Gasteiger partial charge >= 0.3 is 0 Å². The Kier molecular flexibility index (Phi) is 4.72. The topological polar surface area (TPSA) is 86.3 Å². The van der Waals surface area contributed by atoms with E-state index in [1.807, 2.05) is 53.8 Å². The van der Waals surface area contributed by atoms with Crippen LogP contribution in [-0.4, -0.2) is 45.3 Å². The SMILES string of the molecule is Cc1ccccc1-n1c(=O)c2ccccc2n2c(SCCS(C)(=O)=O)nnc12. The summed E-state index contributed by atoms with van der Waals surface area (Å²) >= 11 is 1.31. The number of sulfone groups is 1. The molecule has 0 aliphatic carbocycles. The van der Waals surface area contributed by atoms with Crippen molar-refractivity contribution in [2.45, 2.75) is 12.1 Å². The molecule has 0 N–H and O–H groups in total. The van der Waals surface area contributed by atoms with Crippen LogP contribution in [0.15, 0.2) is 58.5 Å². The summed E-state index contributed by atoms with van der Waals surface area (Å²) in [6.07, 6.45) is 1.21. The third-order valence-corrected chi connectivity index (χ3v) is 6.57. The summed E-state index contributed by atoms with van der Waals surface area (Å²) < 4.78 is 26.3. The van der Waals surface area contributed by atoms with Gasteiger partial charge in [0.15, 0.2) is 5.16 Å². The van der Waals surface area contributed by atoms with Gasteiger partial charge in [-0.3, -0.25) is 9.20 Å². The zero-order valence-electron chi connectivity index (χ0n) is 15.4. The van der Waals surface area contributed by atoms with E-state index in [-0.39, 0.29) is 11.3 Å². The Bertz CT molecular complexity index is 1360. The number of nitrogens with zero attached hydrogens (tertiary/aromatic N) is 4. The summed E-state index contributed by atoms with van der Waals surface area (Å²) in [4.78, 5) is 13.2. The second-order valence-corrected chi connectivity index (χ2v) is 9.86. The highest BCUT2D eigenvalue weighted by atomic mass is 32.2. The summed E-state index contributed by atoms with van der Waals surface area (Å²) in [6.45, 7) is 1.94. The lowest BCUT2D eigenvalue weighted by Crippen LogP contribution is -2.22. The van der Waals surface area contributed by atoms with Gasteiger partial charge in [0.2, 0.25) is 5.78 Å². The Morgan fingerprint density at radius 3 is 2.50 bits per heavy atom. The van der Waals surface area contributed by atoms with Crippen molar-refractivity contribution >= 4 is 38.3 Å². The fourth-order valence-corrected chi connectivity index (χ4v) is 5.22. The number of fused-ring (bicyclic) bond motifs is 3. The van der Waals surface area contributed by atoms with Gasteiger partial charge < -0.3 is 0 Å². The van der Waals surface area contributed by atoms with Gasteiger partial charge in [-0.2, -0.15) is 0 Å². The minimum absolute atomic E-state index is 0.0436. The molecule has 0 aliphatic rings. The number of rotatable bonds is 5. The number of para-hydroxylation sites is 2. The molecule has 0 unspecified atom stereocenters. The molecule has 0 fully saturated rings. The fraction of sp³-hybridized carbons (Fsp3) is 0.211. The van der Waals surface area contributed by atoms with Crippen molar-refractivity contribution in [2.75, 3.05) is 17.8 Å². The average Bonchev–Trinajstić information content (AvgIpc) is 3.06. The van der Waals surface area contributed by atoms with Crippen molar-refractivity contribution in [1.29, 1.82) is 0 Å². The highest BCUT2D eigenvalue weighted by molar-refractivity contribution is 8.00. The first-order chi connectivity index (χ1) is 13.4. The van der Waals surface area contributed by atoms with Crippen molar-refractivity contribution in [3.8, 4) is 5.69 Å². The summed E-state index contributed by atoms with van der Waals surface area (Å²) in [6, 6.07) is 14.9. The van der Waals surface area contributed by atoms with Crippen LogP contribution in [-0.2, 0) is 9.84 Å². The summed E-state index contributed by atoms with van der Waals surface area (Å²) in [5, 5.41) is 9.61. The molecule has 9 heteroatoms. The molecule has 2 heterocycles. The Morgan fingerprint density at radius 2 is 1.75 bits per heavy atom. The Balaban J connectivity index is 1.99. The molecule has 2 aromatic heterocycles. The maximum Gasteiger partial charge on any atom is 0.267 e. The van der Waals surface area contributed by atoms with Gasteiger partial charge in [-0.25, -0.2) is 13.0 Å². The van der Waals surface area contributed by atoms with Crippen LogP contribution in [0.2, 0.25) is 0 Å². The van der Waals surface area contributed by atoms with E-state index in [2.05, 4.69) is 10.2 Å². The molecule has 28 heavy (non-hydrogen) atoms. The largest absolute Gasteiger partial charge is 0.268 e. The van der Waals surface area contributed by atoms with E-state index in [1.165, 1.54) is 18.0 Å². The molecule has 0 saturated heterocycles. The Hall–Kier alpha value is -2.65. The summed E-state index contributed by atoms with van der Waals surface area (Å²) in [5.41, 5.74) is 2.20. The molecule has 0 amide bonds. The molecule has 144 valence electrons. The first-order valence-electron chi connectivity index (χ1n) is 8.62. The summed E-state index contributed by atoms with van der Waals surface area (Å²) in [7, 11) is -3.07. The number of aryl methyl sites for hydroxylation is 1. The van der Waals surface area contributed by atoms with E-state index >= 15 is 0 Å². The van der Waals surface area contributed by atoms with Crippen molar-refractivity contribution < 1.29 is 8.42 Å². The molecular formula is C19H18N4O3S2. The Morgan fingerprint density at radius 1 is 1.04 bits per heavy atom. The zero-order valence-corrected chi connectivity index (χ0v) is 17.0. The molecule has 0 radical (unpaired) electrons. The normalized spacial score (nSPS) is 12.1. The molecule has 0 aliphatic heterocycles. The molecule has 0 atom stereocenters.